The van der Waals surface area contributed by atoms with Crippen molar-refractivity contribution in [3.63, 3.8) is 0 Å². The van der Waals surface area contributed by atoms with Crippen molar-refractivity contribution in [2.24, 2.45) is 11.8 Å². The molecule has 0 spiro atoms. The number of aliphatic hydroxyl groups is 1. The van der Waals surface area contributed by atoms with E-state index in [0.29, 0.717) is 24.0 Å². The third-order valence-corrected chi connectivity index (χ3v) is 3.60. The van der Waals surface area contributed by atoms with Crippen molar-refractivity contribution in [1.82, 2.24) is 0 Å². The molecule has 0 aromatic heterocycles. The molecule has 1 fully saturated rings. The summed E-state index contributed by atoms with van der Waals surface area (Å²) in [5.41, 5.74) is 1.10. The zero-order valence-corrected chi connectivity index (χ0v) is 10.2. The van der Waals surface area contributed by atoms with Crippen LogP contribution < -0.4 is 0 Å². The van der Waals surface area contributed by atoms with Crippen molar-refractivity contribution < 1.29 is 19.4 Å². The number of aliphatic hydroxyl groups excluding tert-OH is 1. The fraction of sp³-hybridized carbons (Fsp3) is 0.692. The van der Waals surface area contributed by atoms with Gasteiger partial charge >= 0.3 is 11.9 Å². The van der Waals surface area contributed by atoms with Crippen LogP contribution in [-0.2, 0) is 14.3 Å². The van der Waals surface area contributed by atoms with E-state index in [1.807, 2.05) is 13.8 Å². The predicted molar refractivity (Wildman–Crippen MR) is 60.9 cm³/mol. The van der Waals surface area contributed by atoms with Gasteiger partial charge in [0, 0.05) is 0 Å². The fourth-order valence-electron chi connectivity index (χ4n) is 2.71. The van der Waals surface area contributed by atoms with Crippen molar-refractivity contribution >= 4 is 11.9 Å². The van der Waals surface area contributed by atoms with E-state index in [1.165, 1.54) is 0 Å². The first-order valence-corrected chi connectivity index (χ1v) is 6.19. The highest BCUT2D eigenvalue weighted by atomic mass is 16.6. The summed E-state index contributed by atoms with van der Waals surface area (Å²) in [6.45, 7) is 3.79. The molecular formula is C13H18O4. The van der Waals surface area contributed by atoms with Crippen molar-refractivity contribution in [3.8, 4) is 0 Å². The standard InChI is InChI=1S/C13H18O4/c1-7(2)10-11(13(16)17-12(10)15)8-3-5-9(14)6-4-8/h7-9,14H,3-6H2,1-2H3. The second-order valence-corrected chi connectivity index (χ2v) is 5.16. The molecule has 4 heteroatoms. The quantitative estimate of drug-likeness (QED) is 0.586. The largest absolute Gasteiger partial charge is 0.393 e. The Labute approximate surface area is 101 Å². The normalized spacial score (nSPS) is 30.1. The second-order valence-electron chi connectivity index (χ2n) is 5.16. The first-order valence-electron chi connectivity index (χ1n) is 6.19. The van der Waals surface area contributed by atoms with Gasteiger partial charge in [0.15, 0.2) is 0 Å². The molecule has 1 aliphatic heterocycles. The van der Waals surface area contributed by atoms with E-state index in [1.54, 1.807) is 0 Å². The zero-order chi connectivity index (χ0) is 12.6. The summed E-state index contributed by atoms with van der Waals surface area (Å²) in [5, 5.41) is 9.46. The number of hydrogen-bond donors (Lipinski definition) is 1. The Morgan fingerprint density at radius 2 is 1.71 bits per heavy atom. The minimum absolute atomic E-state index is 0.01000. The molecule has 1 aliphatic carbocycles. The van der Waals surface area contributed by atoms with Gasteiger partial charge in [-0.1, -0.05) is 13.8 Å². The van der Waals surface area contributed by atoms with Gasteiger partial charge in [0.05, 0.1) is 17.3 Å². The minimum atomic E-state index is -0.480. The number of cyclic esters (lactones) is 2. The van der Waals surface area contributed by atoms with Gasteiger partial charge in [0.2, 0.25) is 0 Å². The molecule has 94 valence electrons. The molecule has 1 heterocycles. The van der Waals surface area contributed by atoms with E-state index in [9.17, 15) is 14.7 Å². The van der Waals surface area contributed by atoms with E-state index in [2.05, 4.69) is 0 Å². The summed E-state index contributed by atoms with van der Waals surface area (Å²) in [5.74, 6) is -0.864. The highest BCUT2D eigenvalue weighted by Crippen LogP contribution is 2.37. The maximum absolute atomic E-state index is 11.7. The predicted octanol–water partition coefficient (Wildman–Crippen LogP) is 1.57. The molecule has 1 N–H and O–H groups in total. The number of ether oxygens (including phenoxy) is 1. The second kappa shape index (κ2) is 4.61. The van der Waals surface area contributed by atoms with E-state index in [-0.39, 0.29) is 17.9 Å². The number of esters is 2. The lowest BCUT2D eigenvalue weighted by atomic mass is 9.79. The van der Waals surface area contributed by atoms with E-state index >= 15 is 0 Å². The molecule has 0 bridgehead atoms. The average molecular weight is 238 g/mol. The van der Waals surface area contributed by atoms with Crippen LogP contribution in [0.5, 0.6) is 0 Å². The van der Waals surface area contributed by atoms with Gasteiger partial charge in [-0.2, -0.15) is 0 Å². The number of hydrogen-bond acceptors (Lipinski definition) is 4. The first-order chi connectivity index (χ1) is 8.00. The highest BCUT2D eigenvalue weighted by molar-refractivity contribution is 6.12. The minimum Gasteiger partial charge on any atom is -0.393 e. The number of carbonyl (C=O) groups is 2. The van der Waals surface area contributed by atoms with Crippen LogP contribution in [0.4, 0.5) is 0 Å². The molecule has 2 rings (SSSR count). The summed E-state index contributed by atoms with van der Waals surface area (Å²) in [6, 6.07) is 0. The molecular weight excluding hydrogens is 220 g/mol. The molecule has 1 saturated carbocycles. The van der Waals surface area contributed by atoms with E-state index in [0.717, 1.165) is 12.8 Å². The molecule has 0 amide bonds. The van der Waals surface area contributed by atoms with Gasteiger partial charge in [0.1, 0.15) is 0 Å². The van der Waals surface area contributed by atoms with Crippen LogP contribution in [0.2, 0.25) is 0 Å². The third-order valence-electron chi connectivity index (χ3n) is 3.60. The molecule has 0 unspecified atom stereocenters. The maximum atomic E-state index is 11.7. The summed E-state index contributed by atoms with van der Waals surface area (Å²) in [7, 11) is 0. The third kappa shape index (κ3) is 2.27. The monoisotopic (exact) mass is 238 g/mol. The van der Waals surface area contributed by atoms with Crippen molar-refractivity contribution in [2.45, 2.75) is 45.6 Å². The van der Waals surface area contributed by atoms with Gasteiger partial charge in [-0.15, -0.1) is 0 Å². The van der Waals surface area contributed by atoms with Crippen LogP contribution in [0.15, 0.2) is 11.1 Å². The lowest BCUT2D eigenvalue weighted by Crippen LogP contribution is -2.22. The van der Waals surface area contributed by atoms with Gasteiger partial charge < -0.3 is 9.84 Å². The Balaban J connectivity index is 2.27. The average Bonchev–Trinajstić information content (AvgIpc) is 2.55. The van der Waals surface area contributed by atoms with Gasteiger partial charge in [0.25, 0.3) is 0 Å². The Hall–Kier alpha value is -1.16. The van der Waals surface area contributed by atoms with Crippen LogP contribution in [0, 0.1) is 11.8 Å². The smallest absolute Gasteiger partial charge is 0.342 e. The zero-order valence-electron chi connectivity index (χ0n) is 10.2. The summed E-state index contributed by atoms with van der Waals surface area (Å²) < 4.78 is 4.71. The molecule has 17 heavy (non-hydrogen) atoms. The lowest BCUT2D eigenvalue weighted by molar-refractivity contribution is -0.151. The summed E-state index contributed by atoms with van der Waals surface area (Å²) >= 11 is 0. The molecule has 0 aromatic rings. The first kappa shape index (κ1) is 12.3. The Morgan fingerprint density at radius 3 is 2.24 bits per heavy atom. The Kier molecular flexibility index (Phi) is 3.33. The van der Waals surface area contributed by atoms with Gasteiger partial charge in [-0.3, -0.25) is 0 Å². The fourth-order valence-corrected chi connectivity index (χ4v) is 2.71. The topological polar surface area (TPSA) is 63.6 Å². The van der Waals surface area contributed by atoms with Gasteiger partial charge in [-0.25, -0.2) is 9.59 Å². The van der Waals surface area contributed by atoms with Crippen LogP contribution in [0.1, 0.15) is 39.5 Å². The van der Waals surface area contributed by atoms with Crippen molar-refractivity contribution in [3.05, 3.63) is 11.1 Å². The molecule has 0 aromatic carbocycles. The summed E-state index contributed by atoms with van der Waals surface area (Å²) in [4.78, 5) is 23.3. The maximum Gasteiger partial charge on any atom is 0.342 e. The molecule has 0 radical (unpaired) electrons. The SMILES string of the molecule is CC(C)C1=C(C2CCC(O)CC2)C(=O)OC1=O. The van der Waals surface area contributed by atoms with Crippen LogP contribution in [0.25, 0.3) is 0 Å². The van der Waals surface area contributed by atoms with E-state index < -0.39 is 11.9 Å². The lowest BCUT2D eigenvalue weighted by Gasteiger charge is -2.25. The molecule has 0 atom stereocenters. The molecule has 2 aliphatic rings. The number of carbonyl (C=O) groups excluding carboxylic acids is 2. The highest BCUT2D eigenvalue weighted by Gasteiger charge is 2.39. The van der Waals surface area contributed by atoms with E-state index in [4.69, 9.17) is 4.74 Å². The Bertz CT molecular complexity index is 373. The molecule has 0 saturated heterocycles. The van der Waals surface area contributed by atoms with Crippen molar-refractivity contribution in [2.75, 3.05) is 0 Å². The van der Waals surface area contributed by atoms with Crippen molar-refractivity contribution in [1.29, 1.82) is 0 Å². The molecule has 4 nitrogen and oxygen atoms in total. The Morgan fingerprint density at radius 1 is 1.12 bits per heavy atom. The van der Waals surface area contributed by atoms with Crippen LogP contribution >= 0.6 is 0 Å². The summed E-state index contributed by atoms with van der Waals surface area (Å²) in [6.07, 6.45) is 2.65. The van der Waals surface area contributed by atoms with Gasteiger partial charge in [-0.05, 0) is 37.5 Å². The number of rotatable bonds is 2. The van der Waals surface area contributed by atoms with Crippen LogP contribution in [-0.4, -0.2) is 23.1 Å². The van der Waals surface area contributed by atoms with Crippen LogP contribution in [0.3, 0.4) is 0 Å².